The van der Waals surface area contributed by atoms with Crippen LogP contribution in [0, 0.1) is 0 Å². The maximum absolute atomic E-state index is 11.8. The van der Waals surface area contributed by atoms with E-state index in [9.17, 15) is 4.79 Å². The van der Waals surface area contributed by atoms with Gasteiger partial charge < -0.3 is 29.7 Å². The molecule has 0 spiro atoms. The number of amides is 2. The number of anilines is 2. The van der Waals surface area contributed by atoms with Gasteiger partial charge in [-0.25, -0.2) is 14.8 Å². The van der Waals surface area contributed by atoms with E-state index in [-0.39, 0.29) is 6.03 Å². The molecular weight excluding hydrogens is 448 g/mol. The van der Waals surface area contributed by atoms with Gasteiger partial charge in [0.1, 0.15) is 5.82 Å². The molecule has 0 bridgehead atoms. The van der Waals surface area contributed by atoms with E-state index in [1.807, 2.05) is 38.1 Å². The number of carbonyl (C=O) groups excluding carboxylic acids is 1. The lowest BCUT2D eigenvalue weighted by Gasteiger charge is -2.36. The van der Waals surface area contributed by atoms with Crippen LogP contribution in [0.15, 0.2) is 24.3 Å². The summed E-state index contributed by atoms with van der Waals surface area (Å²) in [5, 5.41) is 5.57. The van der Waals surface area contributed by atoms with Crippen LogP contribution in [0.1, 0.15) is 25.1 Å². The molecule has 0 saturated carbocycles. The van der Waals surface area contributed by atoms with E-state index in [4.69, 9.17) is 24.2 Å². The van der Waals surface area contributed by atoms with E-state index >= 15 is 0 Å². The first-order chi connectivity index (χ1) is 17.0. The maximum Gasteiger partial charge on any atom is 0.319 e. The molecule has 10 nitrogen and oxygen atoms in total. The molecule has 0 radical (unpaired) electrons. The van der Waals surface area contributed by atoms with E-state index < -0.39 is 5.79 Å². The van der Waals surface area contributed by atoms with Crippen LogP contribution in [0.2, 0.25) is 0 Å². The standard InChI is InChI=1S/C25H34N6O4/c1-3-26-24(32)27-19-6-4-18(5-7-19)22-28-21-16-30(17-25(2)34-14-15-35-25)9-8-20(21)23(29-22)31-10-12-33-13-11-31/h4-7H,3,8-17H2,1-2H3,(H2,26,27,32). The lowest BCUT2D eigenvalue weighted by Crippen LogP contribution is -2.45. The second-order valence-corrected chi connectivity index (χ2v) is 9.25. The largest absolute Gasteiger partial charge is 0.378 e. The lowest BCUT2D eigenvalue weighted by atomic mass is 10.0. The molecule has 5 rings (SSSR count). The number of fused-ring (bicyclic) bond motifs is 1. The molecule has 1 aromatic heterocycles. The van der Waals surface area contributed by atoms with Crippen molar-refractivity contribution >= 4 is 17.5 Å². The topological polar surface area (TPSA) is 101 Å². The Labute approximate surface area is 206 Å². The molecule has 2 saturated heterocycles. The Morgan fingerprint density at radius 2 is 1.80 bits per heavy atom. The van der Waals surface area contributed by atoms with Gasteiger partial charge >= 0.3 is 6.03 Å². The summed E-state index contributed by atoms with van der Waals surface area (Å²) in [4.78, 5) is 26.6. The zero-order valence-corrected chi connectivity index (χ0v) is 20.5. The quantitative estimate of drug-likeness (QED) is 0.647. The third-order valence-electron chi connectivity index (χ3n) is 6.58. The predicted molar refractivity (Wildman–Crippen MR) is 132 cm³/mol. The van der Waals surface area contributed by atoms with Crippen molar-refractivity contribution in [1.82, 2.24) is 20.2 Å². The van der Waals surface area contributed by atoms with Gasteiger partial charge in [-0.05, 0) is 44.5 Å². The van der Waals surface area contributed by atoms with Crippen LogP contribution < -0.4 is 15.5 Å². The van der Waals surface area contributed by atoms with Gasteiger partial charge in [0.2, 0.25) is 0 Å². The molecule has 35 heavy (non-hydrogen) atoms. The fraction of sp³-hybridized carbons (Fsp3) is 0.560. The molecule has 3 aliphatic rings. The van der Waals surface area contributed by atoms with Crippen LogP contribution in [0.25, 0.3) is 11.4 Å². The molecule has 0 aliphatic carbocycles. The molecule has 0 unspecified atom stereocenters. The Bertz CT molecular complexity index is 1030. The van der Waals surface area contributed by atoms with Crippen molar-refractivity contribution in [3.05, 3.63) is 35.5 Å². The van der Waals surface area contributed by atoms with Gasteiger partial charge in [0.25, 0.3) is 0 Å². The summed E-state index contributed by atoms with van der Waals surface area (Å²) in [6.45, 7) is 11.1. The fourth-order valence-corrected chi connectivity index (χ4v) is 4.86. The van der Waals surface area contributed by atoms with Crippen LogP contribution >= 0.6 is 0 Å². The van der Waals surface area contributed by atoms with Crippen LogP contribution in [-0.2, 0) is 27.2 Å². The molecule has 2 fully saturated rings. The highest BCUT2D eigenvalue weighted by Gasteiger charge is 2.35. The van der Waals surface area contributed by atoms with Gasteiger partial charge in [-0.1, -0.05) is 0 Å². The molecule has 10 heteroatoms. The SMILES string of the molecule is CCNC(=O)Nc1ccc(-c2nc3c(c(N4CCOCC4)n2)CCN(CC2(C)OCCO2)C3)cc1. The van der Waals surface area contributed by atoms with Gasteiger partial charge in [0, 0.05) is 49.5 Å². The number of urea groups is 1. The second-order valence-electron chi connectivity index (χ2n) is 9.25. The maximum atomic E-state index is 11.8. The van der Waals surface area contributed by atoms with Crippen LogP contribution in [0.5, 0.6) is 0 Å². The Kier molecular flexibility index (Phi) is 7.14. The highest BCUT2D eigenvalue weighted by molar-refractivity contribution is 5.89. The van der Waals surface area contributed by atoms with Crippen molar-refractivity contribution in [2.24, 2.45) is 0 Å². The normalized spacial score (nSPS) is 19.9. The first-order valence-corrected chi connectivity index (χ1v) is 12.4. The van der Waals surface area contributed by atoms with E-state index in [0.717, 1.165) is 55.4 Å². The van der Waals surface area contributed by atoms with Crippen molar-refractivity contribution in [3.8, 4) is 11.4 Å². The Morgan fingerprint density at radius 1 is 1.06 bits per heavy atom. The van der Waals surface area contributed by atoms with Crippen molar-refractivity contribution in [1.29, 1.82) is 0 Å². The number of rotatable bonds is 6. The number of hydrogen-bond donors (Lipinski definition) is 2. The van der Waals surface area contributed by atoms with Crippen molar-refractivity contribution < 1.29 is 19.0 Å². The summed E-state index contributed by atoms with van der Waals surface area (Å²) >= 11 is 0. The molecular formula is C25H34N6O4. The Hall–Kier alpha value is -2.79. The smallest absolute Gasteiger partial charge is 0.319 e. The Balaban J connectivity index is 1.42. The third-order valence-corrected chi connectivity index (χ3v) is 6.58. The second kappa shape index (κ2) is 10.4. The minimum atomic E-state index is -0.562. The first-order valence-electron chi connectivity index (χ1n) is 12.4. The molecule has 188 valence electrons. The van der Waals surface area contributed by atoms with Crippen molar-refractivity contribution in [2.45, 2.75) is 32.6 Å². The number of hydrogen-bond acceptors (Lipinski definition) is 8. The van der Waals surface area contributed by atoms with Crippen LogP contribution in [-0.4, -0.2) is 85.8 Å². The number of ether oxygens (including phenoxy) is 3. The Morgan fingerprint density at radius 3 is 2.51 bits per heavy atom. The highest BCUT2D eigenvalue weighted by atomic mass is 16.7. The number of nitrogens with one attached hydrogen (secondary N) is 2. The molecule has 3 aliphatic heterocycles. The minimum absolute atomic E-state index is 0.219. The summed E-state index contributed by atoms with van der Waals surface area (Å²) in [5.74, 6) is 1.14. The monoisotopic (exact) mass is 482 g/mol. The zero-order chi connectivity index (χ0) is 24.3. The first kappa shape index (κ1) is 23.9. The summed E-state index contributed by atoms with van der Waals surface area (Å²) < 4.78 is 17.3. The molecule has 1 aromatic carbocycles. The lowest BCUT2D eigenvalue weighted by molar-refractivity contribution is -0.157. The molecule has 2 aromatic rings. The third kappa shape index (κ3) is 5.56. The summed E-state index contributed by atoms with van der Waals surface area (Å²) in [6.07, 6.45) is 0.883. The van der Waals surface area contributed by atoms with Crippen molar-refractivity contribution in [2.75, 3.05) is 69.4 Å². The van der Waals surface area contributed by atoms with Gasteiger partial charge in [-0.3, -0.25) is 4.90 Å². The van der Waals surface area contributed by atoms with Crippen LogP contribution in [0.3, 0.4) is 0 Å². The van der Waals surface area contributed by atoms with E-state index in [1.165, 1.54) is 5.56 Å². The molecule has 4 heterocycles. The predicted octanol–water partition coefficient (Wildman–Crippen LogP) is 2.24. The average Bonchev–Trinajstić information content (AvgIpc) is 3.30. The number of carbonyl (C=O) groups is 1. The summed E-state index contributed by atoms with van der Waals surface area (Å²) in [5.41, 5.74) is 3.91. The summed E-state index contributed by atoms with van der Waals surface area (Å²) in [6, 6.07) is 7.44. The van der Waals surface area contributed by atoms with Crippen LogP contribution in [0.4, 0.5) is 16.3 Å². The average molecular weight is 483 g/mol. The molecule has 0 atom stereocenters. The fourth-order valence-electron chi connectivity index (χ4n) is 4.86. The van der Waals surface area contributed by atoms with Gasteiger partial charge in [0.15, 0.2) is 11.6 Å². The van der Waals surface area contributed by atoms with Crippen molar-refractivity contribution in [3.63, 3.8) is 0 Å². The van der Waals surface area contributed by atoms with Gasteiger partial charge in [-0.2, -0.15) is 0 Å². The highest BCUT2D eigenvalue weighted by Crippen LogP contribution is 2.31. The number of aromatic nitrogens is 2. The number of nitrogens with zero attached hydrogens (tertiary/aromatic N) is 4. The van der Waals surface area contributed by atoms with Gasteiger partial charge in [-0.15, -0.1) is 0 Å². The zero-order valence-electron chi connectivity index (χ0n) is 20.5. The van der Waals surface area contributed by atoms with E-state index in [0.29, 0.717) is 45.3 Å². The van der Waals surface area contributed by atoms with Gasteiger partial charge in [0.05, 0.1) is 38.7 Å². The van der Waals surface area contributed by atoms with E-state index in [1.54, 1.807) is 0 Å². The number of benzene rings is 1. The minimum Gasteiger partial charge on any atom is -0.378 e. The van der Waals surface area contributed by atoms with E-state index in [2.05, 4.69) is 20.4 Å². The molecule has 2 N–H and O–H groups in total. The summed E-state index contributed by atoms with van der Waals surface area (Å²) in [7, 11) is 0. The number of morpholine rings is 1. The molecule has 2 amide bonds.